The molecule has 0 radical (unpaired) electrons. The predicted molar refractivity (Wildman–Crippen MR) is 63.1 cm³/mol. The summed E-state index contributed by atoms with van der Waals surface area (Å²) in [5.74, 6) is 0.451. The second-order valence-electron chi connectivity index (χ2n) is 3.73. The summed E-state index contributed by atoms with van der Waals surface area (Å²) in [4.78, 5) is 10.9. The molecule has 1 aromatic carbocycles. The predicted octanol–water partition coefficient (Wildman–Crippen LogP) is 0.483. The van der Waals surface area contributed by atoms with Crippen molar-refractivity contribution in [2.45, 2.75) is 19.4 Å². The first kappa shape index (κ1) is 13.5. The molecule has 17 heavy (non-hydrogen) atoms. The van der Waals surface area contributed by atoms with Crippen molar-refractivity contribution in [1.82, 2.24) is 0 Å². The zero-order valence-electron chi connectivity index (χ0n) is 9.97. The topological polar surface area (TPSA) is 81.8 Å². The Morgan fingerprint density at radius 2 is 2.18 bits per heavy atom. The number of methoxy groups -OCH3 is 1. The maximum absolute atomic E-state index is 10.9. The number of nitrogens with two attached hydrogens (primary N) is 1. The van der Waals surface area contributed by atoms with Crippen LogP contribution in [-0.2, 0) is 11.2 Å². The third kappa shape index (κ3) is 4.05. The molecule has 0 saturated carbocycles. The van der Waals surface area contributed by atoms with E-state index in [9.17, 15) is 4.79 Å². The summed E-state index contributed by atoms with van der Waals surface area (Å²) in [5, 5.41) is 8.87. The van der Waals surface area contributed by atoms with Crippen LogP contribution in [0.25, 0.3) is 0 Å². The molecule has 0 heterocycles. The quantitative estimate of drug-likeness (QED) is 0.577. The van der Waals surface area contributed by atoms with Crippen LogP contribution in [0.15, 0.2) is 18.2 Å². The van der Waals surface area contributed by atoms with Gasteiger partial charge in [-0.15, -0.1) is 0 Å². The molecule has 94 valence electrons. The Hall–Kier alpha value is -1.59. The summed E-state index contributed by atoms with van der Waals surface area (Å²) in [6.45, 7) is 1.25. The lowest BCUT2D eigenvalue weighted by Crippen LogP contribution is -2.26. The Balaban J connectivity index is 2.88. The van der Waals surface area contributed by atoms with Crippen molar-refractivity contribution < 1.29 is 19.4 Å². The molecule has 0 aromatic heterocycles. The van der Waals surface area contributed by atoms with E-state index < -0.39 is 5.97 Å². The third-order valence-corrected chi connectivity index (χ3v) is 2.21. The molecule has 0 saturated heterocycles. The van der Waals surface area contributed by atoms with Crippen LogP contribution in [0.3, 0.4) is 0 Å². The van der Waals surface area contributed by atoms with E-state index in [0.29, 0.717) is 17.9 Å². The van der Waals surface area contributed by atoms with Crippen LogP contribution in [-0.4, -0.2) is 30.8 Å². The largest absolute Gasteiger partial charge is 0.493 e. The second-order valence-corrected chi connectivity index (χ2v) is 3.73. The van der Waals surface area contributed by atoms with E-state index in [1.165, 1.54) is 14.0 Å². The molecule has 3 N–H and O–H groups in total. The van der Waals surface area contributed by atoms with Crippen LogP contribution in [0.4, 0.5) is 0 Å². The highest BCUT2D eigenvalue weighted by molar-refractivity contribution is 5.70. The van der Waals surface area contributed by atoms with Gasteiger partial charge in [-0.05, 0) is 24.1 Å². The van der Waals surface area contributed by atoms with Gasteiger partial charge >= 0.3 is 5.97 Å². The van der Waals surface area contributed by atoms with Gasteiger partial charge in [0.2, 0.25) is 0 Å². The van der Waals surface area contributed by atoms with Crippen molar-refractivity contribution in [3.8, 4) is 11.5 Å². The fraction of sp³-hybridized carbons (Fsp3) is 0.417. The summed E-state index contributed by atoms with van der Waals surface area (Å²) in [6.07, 6.45) is 0.535. The summed E-state index contributed by atoms with van der Waals surface area (Å²) in [5.41, 5.74) is 6.56. The van der Waals surface area contributed by atoms with E-state index >= 15 is 0 Å². The zero-order chi connectivity index (χ0) is 12.8. The van der Waals surface area contributed by atoms with Gasteiger partial charge in [0, 0.05) is 13.0 Å². The average Bonchev–Trinajstić information content (AvgIpc) is 2.30. The minimum Gasteiger partial charge on any atom is -0.493 e. The molecule has 0 aliphatic carbocycles. The lowest BCUT2D eigenvalue weighted by atomic mass is 10.1. The van der Waals surface area contributed by atoms with Gasteiger partial charge in [0.1, 0.15) is 0 Å². The summed E-state index contributed by atoms with van der Waals surface area (Å²) in [6, 6.07) is 4.88. The van der Waals surface area contributed by atoms with E-state index in [2.05, 4.69) is 0 Å². The van der Waals surface area contributed by atoms with E-state index in [4.69, 9.17) is 20.3 Å². The zero-order valence-corrected chi connectivity index (χ0v) is 9.97. The molecule has 5 heteroatoms. The van der Waals surface area contributed by atoms with Crippen molar-refractivity contribution in [3.63, 3.8) is 0 Å². The highest BCUT2D eigenvalue weighted by Gasteiger charge is 2.09. The molecular formula is C12H17NO4. The number of hydrogen-bond donors (Lipinski definition) is 2. The van der Waals surface area contributed by atoms with Gasteiger partial charge in [-0.2, -0.15) is 0 Å². The minimum atomic E-state index is -0.400. The van der Waals surface area contributed by atoms with E-state index in [1.807, 2.05) is 0 Å². The number of carbonyl (C=O) groups excluding carboxylic acids is 1. The number of benzene rings is 1. The van der Waals surface area contributed by atoms with Gasteiger partial charge in [0.25, 0.3) is 0 Å². The van der Waals surface area contributed by atoms with E-state index in [-0.39, 0.29) is 12.6 Å². The molecular weight excluding hydrogens is 222 g/mol. The first-order valence-electron chi connectivity index (χ1n) is 5.28. The fourth-order valence-corrected chi connectivity index (χ4v) is 1.45. The summed E-state index contributed by atoms with van der Waals surface area (Å²) < 4.78 is 10.1. The Morgan fingerprint density at radius 3 is 2.71 bits per heavy atom. The average molecular weight is 239 g/mol. The highest BCUT2D eigenvalue weighted by atomic mass is 16.6. The van der Waals surface area contributed by atoms with Crippen LogP contribution in [0.1, 0.15) is 12.5 Å². The number of aliphatic hydroxyl groups excluding tert-OH is 1. The van der Waals surface area contributed by atoms with Crippen LogP contribution in [0.2, 0.25) is 0 Å². The molecule has 0 bridgehead atoms. The van der Waals surface area contributed by atoms with Gasteiger partial charge in [-0.3, -0.25) is 4.79 Å². The Kier molecular flexibility index (Phi) is 4.93. The van der Waals surface area contributed by atoms with Gasteiger partial charge in [-0.25, -0.2) is 0 Å². The maximum Gasteiger partial charge on any atom is 0.308 e. The molecule has 1 rings (SSSR count). The number of ether oxygens (including phenoxy) is 2. The van der Waals surface area contributed by atoms with Crippen LogP contribution < -0.4 is 15.2 Å². The first-order chi connectivity index (χ1) is 8.06. The molecule has 0 aliphatic heterocycles. The minimum absolute atomic E-state index is 0.0754. The van der Waals surface area contributed by atoms with Gasteiger partial charge < -0.3 is 20.3 Å². The molecule has 1 unspecified atom stereocenters. The number of aliphatic hydroxyl groups is 1. The highest BCUT2D eigenvalue weighted by Crippen LogP contribution is 2.28. The Labute approximate surface area is 100 Å². The first-order valence-corrected chi connectivity index (χ1v) is 5.28. The van der Waals surface area contributed by atoms with Crippen molar-refractivity contribution in [1.29, 1.82) is 0 Å². The number of esters is 1. The van der Waals surface area contributed by atoms with E-state index in [1.54, 1.807) is 18.2 Å². The molecule has 5 nitrogen and oxygen atoms in total. The normalized spacial score (nSPS) is 12.0. The van der Waals surface area contributed by atoms with Gasteiger partial charge in [0.05, 0.1) is 13.7 Å². The summed E-state index contributed by atoms with van der Waals surface area (Å²) in [7, 11) is 1.50. The molecule has 1 atom stereocenters. The number of hydrogen-bond acceptors (Lipinski definition) is 5. The lowest BCUT2D eigenvalue weighted by molar-refractivity contribution is -0.132. The molecule has 0 amide bonds. The van der Waals surface area contributed by atoms with Gasteiger partial charge in [0.15, 0.2) is 11.5 Å². The monoisotopic (exact) mass is 239 g/mol. The third-order valence-electron chi connectivity index (χ3n) is 2.21. The Morgan fingerprint density at radius 1 is 1.47 bits per heavy atom. The van der Waals surface area contributed by atoms with Crippen molar-refractivity contribution in [3.05, 3.63) is 23.8 Å². The summed E-state index contributed by atoms with van der Waals surface area (Å²) >= 11 is 0. The van der Waals surface area contributed by atoms with Gasteiger partial charge in [-0.1, -0.05) is 6.07 Å². The Bertz CT molecular complexity index is 392. The van der Waals surface area contributed by atoms with Crippen molar-refractivity contribution >= 4 is 5.97 Å². The fourth-order valence-electron chi connectivity index (χ4n) is 1.45. The maximum atomic E-state index is 10.9. The number of rotatable bonds is 5. The number of carbonyl (C=O) groups is 1. The van der Waals surface area contributed by atoms with Crippen LogP contribution in [0, 0.1) is 0 Å². The van der Waals surface area contributed by atoms with Crippen LogP contribution >= 0.6 is 0 Å². The second kappa shape index (κ2) is 6.22. The van der Waals surface area contributed by atoms with Crippen molar-refractivity contribution in [2.24, 2.45) is 5.73 Å². The molecule has 0 spiro atoms. The smallest absolute Gasteiger partial charge is 0.308 e. The van der Waals surface area contributed by atoms with E-state index in [0.717, 1.165) is 5.56 Å². The van der Waals surface area contributed by atoms with Crippen molar-refractivity contribution in [2.75, 3.05) is 13.7 Å². The lowest BCUT2D eigenvalue weighted by Gasteiger charge is -2.12. The molecule has 1 aromatic rings. The molecule has 0 fully saturated rings. The standard InChI is InChI=1S/C12H17NO4/c1-8(15)17-11-4-3-9(5-10(13)7-14)6-12(11)16-2/h3-4,6,10,14H,5,7,13H2,1-2H3. The van der Waals surface area contributed by atoms with Crippen LogP contribution in [0.5, 0.6) is 11.5 Å². The SMILES string of the molecule is COc1cc(CC(N)CO)ccc1OC(C)=O. The molecule has 0 aliphatic rings.